The summed E-state index contributed by atoms with van der Waals surface area (Å²) in [5.41, 5.74) is 0. The fraction of sp³-hybridized carbons (Fsp3) is 0.778. The van der Waals surface area contributed by atoms with Crippen LogP contribution in [0.1, 0.15) is 32.1 Å². The van der Waals surface area contributed by atoms with Crippen molar-refractivity contribution in [2.45, 2.75) is 50.4 Å². The van der Waals surface area contributed by atoms with E-state index in [4.69, 9.17) is 4.74 Å². The van der Waals surface area contributed by atoms with E-state index in [0.717, 1.165) is 58.2 Å². The van der Waals surface area contributed by atoms with Crippen molar-refractivity contribution in [2.24, 2.45) is 10.2 Å². The summed E-state index contributed by atoms with van der Waals surface area (Å²) in [7, 11) is 0. The Kier molecular flexibility index (Phi) is 5.31. The van der Waals surface area contributed by atoms with Gasteiger partial charge in [-0.3, -0.25) is 14.6 Å². The molecule has 142 valence electrons. The molecule has 8 heteroatoms. The summed E-state index contributed by atoms with van der Waals surface area (Å²) in [6, 6.07) is 0.749. The van der Waals surface area contributed by atoms with Gasteiger partial charge < -0.3 is 9.64 Å². The van der Waals surface area contributed by atoms with Gasteiger partial charge in [0, 0.05) is 51.4 Å². The molecule has 4 rings (SSSR count). The van der Waals surface area contributed by atoms with Crippen molar-refractivity contribution in [1.82, 2.24) is 14.7 Å². The Balaban J connectivity index is 1.18. The summed E-state index contributed by atoms with van der Waals surface area (Å²) < 4.78 is 5.74. The molecule has 2 amide bonds. The lowest BCUT2D eigenvalue weighted by molar-refractivity contribution is -0.114. The van der Waals surface area contributed by atoms with E-state index in [-0.39, 0.29) is 24.3 Å². The van der Waals surface area contributed by atoms with Crippen molar-refractivity contribution in [3.8, 4) is 0 Å². The lowest BCUT2D eigenvalue weighted by Crippen LogP contribution is -2.54. The van der Waals surface area contributed by atoms with Gasteiger partial charge in [-0.2, -0.15) is 5.11 Å². The Morgan fingerprint density at radius 1 is 1.00 bits per heavy atom. The molecule has 0 aromatic heterocycles. The van der Waals surface area contributed by atoms with Crippen LogP contribution in [-0.2, 0) is 9.53 Å². The van der Waals surface area contributed by atoms with Crippen LogP contribution in [0.4, 0.5) is 4.79 Å². The van der Waals surface area contributed by atoms with E-state index in [2.05, 4.69) is 20.0 Å². The predicted octanol–water partition coefficient (Wildman–Crippen LogP) is 1.63. The number of hydrogen-bond acceptors (Lipinski definition) is 6. The molecule has 2 saturated heterocycles. The first-order valence-corrected chi connectivity index (χ1v) is 9.76. The van der Waals surface area contributed by atoms with Crippen LogP contribution in [0.25, 0.3) is 0 Å². The summed E-state index contributed by atoms with van der Waals surface area (Å²) in [5, 5.41) is 7.63. The minimum atomic E-state index is -0.303. The smallest absolute Gasteiger partial charge is 0.410 e. The van der Waals surface area contributed by atoms with Crippen LogP contribution >= 0.6 is 0 Å². The number of carbonyl (C=O) groups is 2. The largest absolute Gasteiger partial charge is 0.446 e. The number of piperazine rings is 1. The van der Waals surface area contributed by atoms with Crippen molar-refractivity contribution >= 4 is 12.0 Å². The molecule has 0 radical (unpaired) electrons. The van der Waals surface area contributed by atoms with Crippen LogP contribution in [0.2, 0.25) is 0 Å². The van der Waals surface area contributed by atoms with E-state index in [1.165, 1.54) is 25.3 Å². The molecule has 1 saturated carbocycles. The average Bonchev–Trinajstić information content (AvgIpc) is 2.62. The second-order valence-electron chi connectivity index (χ2n) is 7.55. The molecule has 3 heterocycles. The third-order valence-corrected chi connectivity index (χ3v) is 5.97. The highest BCUT2D eigenvalue weighted by atomic mass is 16.6. The van der Waals surface area contributed by atoms with Crippen molar-refractivity contribution < 1.29 is 14.3 Å². The first-order valence-electron chi connectivity index (χ1n) is 9.76. The Morgan fingerprint density at radius 2 is 1.73 bits per heavy atom. The normalized spacial score (nSPS) is 29.0. The maximum atomic E-state index is 12.4. The molecule has 3 aliphatic heterocycles. The molecular weight excluding hydrogens is 334 g/mol. The molecule has 0 aromatic carbocycles. The molecule has 0 N–H and O–H groups in total. The topological polar surface area (TPSA) is 77.8 Å². The molecule has 0 bridgehead atoms. The molecule has 4 aliphatic rings. The van der Waals surface area contributed by atoms with Crippen molar-refractivity contribution in [3.05, 3.63) is 12.2 Å². The highest BCUT2D eigenvalue weighted by Crippen LogP contribution is 2.26. The number of piperidine rings is 1. The number of rotatable bonds is 3. The van der Waals surface area contributed by atoms with Gasteiger partial charge in [-0.25, -0.2) is 4.79 Å². The number of ether oxygens (including phenoxy) is 1. The quantitative estimate of drug-likeness (QED) is 0.763. The number of carbonyl (C=O) groups excluding carboxylic acids is 2. The van der Waals surface area contributed by atoms with Crippen LogP contribution in [0.3, 0.4) is 0 Å². The van der Waals surface area contributed by atoms with Gasteiger partial charge in [0.05, 0.1) is 0 Å². The van der Waals surface area contributed by atoms with Gasteiger partial charge in [0.15, 0.2) is 0 Å². The third kappa shape index (κ3) is 3.96. The van der Waals surface area contributed by atoms with Crippen LogP contribution in [0.15, 0.2) is 22.4 Å². The minimum Gasteiger partial charge on any atom is -0.446 e. The second-order valence-corrected chi connectivity index (χ2v) is 7.55. The minimum absolute atomic E-state index is 0.0328. The fourth-order valence-electron chi connectivity index (χ4n) is 4.05. The Labute approximate surface area is 153 Å². The van der Waals surface area contributed by atoms with Crippen LogP contribution in [-0.4, -0.2) is 84.3 Å². The van der Waals surface area contributed by atoms with Crippen molar-refractivity contribution in [2.75, 3.05) is 39.3 Å². The lowest BCUT2D eigenvalue weighted by Gasteiger charge is -2.43. The van der Waals surface area contributed by atoms with E-state index in [1.807, 2.05) is 4.90 Å². The number of amides is 2. The third-order valence-electron chi connectivity index (χ3n) is 5.97. The fourth-order valence-corrected chi connectivity index (χ4v) is 4.05. The Morgan fingerprint density at radius 3 is 2.31 bits per heavy atom. The average molecular weight is 361 g/mol. The summed E-state index contributed by atoms with van der Waals surface area (Å²) in [6.45, 7) is 5.06. The van der Waals surface area contributed by atoms with Crippen molar-refractivity contribution in [3.63, 3.8) is 0 Å². The highest BCUT2D eigenvalue weighted by Gasteiger charge is 2.32. The molecule has 0 spiro atoms. The molecule has 3 fully saturated rings. The molecule has 26 heavy (non-hydrogen) atoms. The summed E-state index contributed by atoms with van der Waals surface area (Å²) in [6.07, 6.45) is 8.44. The van der Waals surface area contributed by atoms with E-state index in [0.29, 0.717) is 0 Å². The van der Waals surface area contributed by atoms with E-state index in [1.54, 1.807) is 6.08 Å². The van der Waals surface area contributed by atoms with E-state index < -0.39 is 0 Å². The van der Waals surface area contributed by atoms with Crippen molar-refractivity contribution in [1.29, 1.82) is 0 Å². The Bertz CT molecular complexity index is 572. The Hall–Kier alpha value is -1.80. The van der Waals surface area contributed by atoms with Gasteiger partial charge in [0.25, 0.3) is 5.91 Å². The summed E-state index contributed by atoms with van der Waals surface area (Å²) >= 11 is 0. The number of hydrogen-bond donors (Lipinski definition) is 0. The molecule has 0 aromatic rings. The predicted molar refractivity (Wildman–Crippen MR) is 94.7 cm³/mol. The number of azo groups is 1. The molecule has 1 atom stereocenters. The first-order chi connectivity index (χ1) is 12.7. The van der Waals surface area contributed by atoms with Crippen LogP contribution in [0.5, 0.6) is 0 Å². The van der Waals surface area contributed by atoms with E-state index >= 15 is 0 Å². The van der Waals surface area contributed by atoms with Gasteiger partial charge in [-0.1, -0.05) is 6.42 Å². The molecule has 1 aliphatic carbocycles. The van der Waals surface area contributed by atoms with Gasteiger partial charge >= 0.3 is 6.09 Å². The van der Waals surface area contributed by atoms with Gasteiger partial charge in [-0.15, -0.1) is 5.11 Å². The molecule has 8 nitrogen and oxygen atoms in total. The highest BCUT2D eigenvalue weighted by molar-refractivity contribution is 5.88. The maximum absolute atomic E-state index is 12.4. The molecular formula is C18H27N5O3. The maximum Gasteiger partial charge on any atom is 0.410 e. The standard InChI is InChI=1S/C18H27N5O3/c24-17-5-4-16(19-20-17)22-8-6-15(7-9-22)26-18(25)23-12-10-21(11-13-23)14-2-1-3-14/h4-5,14-16H,1-3,6-13H2. The SMILES string of the molecule is O=C1C=CC(N2CCC(OC(=O)N3CCN(C4CCC4)CC3)CC2)N=N1. The lowest BCUT2D eigenvalue weighted by atomic mass is 9.91. The number of nitrogens with zero attached hydrogens (tertiary/aromatic N) is 5. The number of likely N-dealkylation sites (tertiary alicyclic amines) is 1. The molecule has 1 unspecified atom stereocenters. The van der Waals surface area contributed by atoms with Crippen LogP contribution in [0, 0.1) is 0 Å². The summed E-state index contributed by atoms with van der Waals surface area (Å²) in [4.78, 5) is 30.0. The van der Waals surface area contributed by atoms with E-state index in [9.17, 15) is 9.59 Å². The monoisotopic (exact) mass is 361 g/mol. The van der Waals surface area contributed by atoms with Gasteiger partial charge in [0.1, 0.15) is 12.3 Å². The van der Waals surface area contributed by atoms with Gasteiger partial charge in [-0.05, 0) is 31.8 Å². The zero-order chi connectivity index (χ0) is 17.9. The zero-order valence-corrected chi connectivity index (χ0v) is 15.1. The zero-order valence-electron chi connectivity index (χ0n) is 15.1. The summed E-state index contributed by atoms with van der Waals surface area (Å²) in [5.74, 6) is -0.303. The second kappa shape index (κ2) is 7.84. The first kappa shape index (κ1) is 17.6. The van der Waals surface area contributed by atoms with Crippen LogP contribution < -0.4 is 0 Å². The van der Waals surface area contributed by atoms with Gasteiger partial charge in [0.2, 0.25) is 0 Å².